The third-order valence-electron chi connectivity index (χ3n) is 12.4. The number of aliphatic imine (C=N–C) groups is 3. The number of nitrogens with zero attached hydrogens (tertiary/aromatic N) is 3. The Kier molecular flexibility index (Phi) is 9.32. The molecule has 2 heterocycles. The van der Waals surface area contributed by atoms with E-state index in [1.165, 1.54) is 38.3 Å². The Morgan fingerprint density at radius 2 is 1.33 bits per heavy atom. The van der Waals surface area contributed by atoms with E-state index in [9.17, 15) is 0 Å². The average Bonchev–Trinajstić information content (AvgIpc) is 3.62. The van der Waals surface area contributed by atoms with E-state index in [1.807, 2.05) is 60.6 Å². The highest BCUT2D eigenvalue weighted by Crippen LogP contribution is 2.64. The van der Waals surface area contributed by atoms with Gasteiger partial charge in [-0.2, -0.15) is 0 Å². The number of rotatable bonds is 7. The first-order chi connectivity index (χ1) is 29.7. The third kappa shape index (κ3) is 6.38. The van der Waals surface area contributed by atoms with Crippen molar-refractivity contribution in [1.29, 1.82) is 0 Å². The van der Waals surface area contributed by atoms with Crippen molar-refractivity contribution in [2.75, 3.05) is 0 Å². The molecule has 0 bridgehead atoms. The van der Waals surface area contributed by atoms with E-state index in [4.69, 9.17) is 9.98 Å². The molecule has 0 aromatic heterocycles. The van der Waals surface area contributed by atoms with Crippen LogP contribution in [0.3, 0.4) is 0 Å². The average molecular weight is 791 g/mol. The van der Waals surface area contributed by atoms with Crippen LogP contribution in [0, 0.1) is 5.92 Å². The van der Waals surface area contributed by atoms with E-state index < -0.39 is 5.41 Å². The lowest BCUT2D eigenvalue weighted by Gasteiger charge is -2.48. The Bertz CT molecular complexity index is 2820. The van der Waals surface area contributed by atoms with Gasteiger partial charge in [0.15, 0.2) is 6.17 Å². The number of allylic oxidation sites excluding steroid dienone is 5. The Labute approximate surface area is 356 Å². The maximum Gasteiger partial charge on any atom is 0.169 e. The lowest BCUT2D eigenvalue weighted by atomic mass is 9.61. The summed E-state index contributed by atoms with van der Waals surface area (Å²) in [6.07, 6.45) is 20.6. The number of hydrogen-bond donors (Lipinski definition) is 1. The maximum atomic E-state index is 5.33. The molecule has 11 rings (SSSR count). The number of fused-ring (bicyclic) bond motifs is 9. The normalized spacial score (nSPS) is 21.9. The third-order valence-corrected chi connectivity index (χ3v) is 13.8. The molecule has 0 amide bonds. The molecule has 5 heteroatoms. The van der Waals surface area contributed by atoms with Crippen molar-refractivity contribution >= 4 is 35.7 Å². The van der Waals surface area contributed by atoms with Crippen LogP contribution in [0.15, 0.2) is 231 Å². The van der Waals surface area contributed by atoms with Crippen LogP contribution in [-0.2, 0) is 5.41 Å². The molecule has 0 fully saturated rings. The van der Waals surface area contributed by atoms with Crippen LogP contribution in [0.2, 0.25) is 0 Å². The standard InChI is InChI=1S/C55H42N4S/c1-4-15-37(16-5-1)31-32-56-36-38-17-14-22-41(33-38)42-27-29-50-48(34-42)55(46-25-12-10-23-44(46)45-24-11-13-26-47(45)55)49-35-43(28-30-51(49)60-50)54-58-52(39-18-6-2-7-19-39)57-53(59-54)40-20-8-3-9-21-40/h1-21,23-36,41,49,51-52H,22H2,(H,57,58,59)/b32-31-,56-36?. The Balaban J connectivity index is 1.03. The van der Waals surface area contributed by atoms with E-state index in [-0.39, 0.29) is 23.3 Å². The quantitative estimate of drug-likeness (QED) is 0.164. The minimum Gasteiger partial charge on any atom is -0.324 e. The van der Waals surface area contributed by atoms with Crippen molar-refractivity contribution in [3.8, 4) is 11.1 Å². The van der Waals surface area contributed by atoms with E-state index in [2.05, 4.69) is 174 Å². The molecule has 0 saturated carbocycles. The first kappa shape index (κ1) is 36.3. The van der Waals surface area contributed by atoms with E-state index in [0.717, 1.165) is 45.9 Å². The van der Waals surface area contributed by atoms with Gasteiger partial charge < -0.3 is 5.32 Å². The molecule has 1 N–H and O–H groups in total. The molecule has 0 radical (unpaired) electrons. The molecule has 6 aromatic rings. The highest BCUT2D eigenvalue weighted by atomic mass is 32.2. The van der Waals surface area contributed by atoms with Gasteiger partial charge in [-0.3, -0.25) is 4.99 Å². The Hall–Kier alpha value is -6.82. The van der Waals surface area contributed by atoms with Crippen molar-refractivity contribution in [3.63, 3.8) is 0 Å². The van der Waals surface area contributed by atoms with Crippen LogP contribution >= 0.6 is 11.8 Å². The summed E-state index contributed by atoms with van der Waals surface area (Å²) in [5.74, 6) is 2.01. The van der Waals surface area contributed by atoms with Gasteiger partial charge in [0.2, 0.25) is 0 Å². The van der Waals surface area contributed by atoms with Gasteiger partial charge >= 0.3 is 0 Å². The van der Waals surface area contributed by atoms with Gasteiger partial charge in [-0.1, -0.05) is 188 Å². The first-order valence-corrected chi connectivity index (χ1v) is 21.7. The number of amidine groups is 2. The smallest absolute Gasteiger partial charge is 0.169 e. The molecular formula is C55H42N4S. The summed E-state index contributed by atoms with van der Waals surface area (Å²) >= 11 is 1.99. The monoisotopic (exact) mass is 790 g/mol. The highest BCUT2D eigenvalue weighted by Gasteiger charge is 2.55. The molecule has 1 spiro atoms. The second kappa shape index (κ2) is 15.4. The number of thioether (sulfide) groups is 1. The van der Waals surface area contributed by atoms with Crippen LogP contribution in [0.25, 0.3) is 17.2 Å². The fraction of sp³-hybridized carbons (Fsp3) is 0.109. The second-order valence-corrected chi connectivity index (χ2v) is 17.1. The highest BCUT2D eigenvalue weighted by molar-refractivity contribution is 8.00. The fourth-order valence-corrected chi connectivity index (χ4v) is 11.1. The number of hydrogen-bond acceptors (Lipinski definition) is 5. The van der Waals surface area contributed by atoms with Gasteiger partial charge in [0.05, 0.1) is 5.41 Å². The first-order valence-electron chi connectivity index (χ1n) is 20.8. The predicted molar refractivity (Wildman–Crippen MR) is 250 cm³/mol. The molecule has 288 valence electrons. The van der Waals surface area contributed by atoms with Gasteiger partial charge in [-0.05, 0) is 68.6 Å². The van der Waals surface area contributed by atoms with Crippen molar-refractivity contribution in [1.82, 2.24) is 5.32 Å². The summed E-state index contributed by atoms with van der Waals surface area (Å²) in [5, 5.41) is 3.91. The van der Waals surface area contributed by atoms with Crippen LogP contribution in [0.1, 0.15) is 57.4 Å². The zero-order valence-electron chi connectivity index (χ0n) is 33.0. The van der Waals surface area contributed by atoms with E-state index in [0.29, 0.717) is 0 Å². The van der Waals surface area contributed by atoms with E-state index in [1.54, 1.807) is 0 Å². The molecule has 6 aromatic carbocycles. The van der Waals surface area contributed by atoms with Crippen molar-refractivity contribution < 1.29 is 0 Å². The van der Waals surface area contributed by atoms with Gasteiger partial charge in [0, 0.05) is 45.5 Å². The summed E-state index contributed by atoms with van der Waals surface area (Å²) in [7, 11) is 0. The van der Waals surface area contributed by atoms with E-state index >= 15 is 0 Å². The maximum absolute atomic E-state index is 5.33. The lowest BCUT2D eigenvalue weighted by molar-refractivity contribution is 0.447. The number of benzene rings is 6. The van der Waals surface area contributed by atoms with Crippen LogP contribution < -0.4 is 5.32 Å². The van der Waals surface area contributed by atoms with Crippen molar-refractivity contribution in [2.45, 2.75) is 34.1 Å². The SMILES string of the molecule is C1=CC(C=N/C=C\c2ccccc2)=CC(c2ccc3c(c2)C2(c4ccccc4-c4ccccc42)C2C=C(C4=NC(c5ccccc5)N=C(c5ccccc5)N4)C=CC2S3)C1. The molecule has 4 unspecified atom stereocenters. The van der Waals surface area contributed by atoms with Gasteiger partial charge in [0.25, 0.3) is 0 Å². The summed E-state index contributed by atoms with van der Waals surface area (Å²) in [5.41, 5.74) is 13.1. The molecule has 2 aliphatic heterocycles. The Morgan fingerprint density at radius 1 is 0.650 bits per heavy atom. The minimum absolute atomic E-state index is 0.106. The fourth-order valence-electron chi connectivity index (χ4n) is 9.70. The van der Waals surface area contributed by atoms with Crippen molar-refractivity contribution in [3.05, 3.63) is 250 Å². The zero-order valence-corrected chi connectivity index (χ0v) is 33.8. The minimum atomic E-state index is -0.421. The second-order valence-electron chi connectivity index (χ2n) is 15.9. The Morgan fingerprint density at radius 3 is 2.10 bits per heavy atom. The molecule has 4 nitrogen and oxygen atoms in total. The van der Waals surface area contributed by atoms with Gasteiger partial charge in [-0.15, -0.1) is 11.8 Å². The summed E-state index contributed by atoms with van der Waals surface area (Å²) < 4.78 is 0. The molecule has 5 aliphatic rings. The predicted octanol–water partition coefficient (Wildman–Crippen LogP) is 12.4. The molecule has 0 saturated heterocycles. The van der Waals surface area contributed by atoms with Crippen LogP contribution in [0.4, 0.5) is 0 Å². The lowest BCUT2D eigenvalue weighted by Crippen LogP contribution is -2.45. The summed E-state index contributed by atoms with van der Waals surface area (Å²) in [6.45, 7) is 0. The van der Waals surface area contributed by atoms with Crippen LogP contribution in [-0.4, -0.2) is 23.1 Å². The topological polar surface area (TPSA) is 49.1 Å². The van der Waals surface area contributed by atoms with Gasteiger partial charge in [0.1, 0.15) is 11.7 Å². The summed E-state index contributed by atoms with van der Waals surface area (Å²) in [6, 6.07) is 56.6. The molecular weight excluding hydrogens is 749 g/mol. The van der Waals surface area contributed by atoms with Gasteiger partial charge in [-0.25, -0.2) is 9.98 Å². The number of nitrogens with one attached hydrogen (secondary N) is 1. The largest absolute Gasteiger partial charge is 0.324 e. The zero-order chi connectivity index (χ0) is 39.9. The molecule has 3 aliphatic carbocycles. The van der Waals surface area contributed by atoms with Crippen molar-refractivity contribution in [2.24, 2.45) is 20.9 Å². The molecule has 4 atom stereocenters. The summed E-state index contributed by atoms with van der Waals surface area (Å²) in [4.78, 5) is 16.5. The molecule has 60 heavy (non-hydrogen) atoms. The van der Waals surface area contributed by atoms with Crippen LogP contribution in [0.5, 0.6) is 0 Å².